The first kappa shape index (κ1) is 24.7. The van der Waals surface area contributed by atoms with Gasteiger partial charge in [0.25, 0.3) is 0 Å². The molecule has 1 aliphatic heterocycles. The van der Waals surface area contributed by atoms with Gasteiger partial charge in [-0.2, -0.15) is 11.8 Å². The van der Waals surface area contributed by atoms with Crippen molar-refractivity contribution < 1.29 is 24.2 Å². The third-order valence-corrected chi connectivity index (χ3v) is 7.60. The molecule has 2 aliphatic rings. The Labute approximate surface area is 209 Å². The molecule has 0 unspecified atom stereocenters. The van der Waals surface area contributed by atoms with Crippen molar-refractivity contribution in [3.8, 4) is 23.5 Å². The van der Waals surface area contributed by atoms with Gasteiger partial charge in [-0.1, -0.05) is 54.5 Å². The van der Waals surface area contributed by atoms with Crippen molar-refractivity contribution in [2.45, 2.75) is 30.7 Å². The highest BCUT2D eigenvalue weighted by molar-refractivity contribution is 7.99. The van der Waals surface area contributed by atoms with Crippen molar-refractivity contribution in [3.05, 3.63) is 59.7 Å². The maximum Gasteiger partial charge on any atom is 0.407 e. The van der Waals surface area contributed by atoms with E-state index < -0.39 is 30.1 Å². The summed E-state index contributed by atoms with van der Waals surface area (Å²) in [5.41, 5.74) is 3.75. The SMILES string of the molecule is C#CCN(CC(=O)O)C(=O)CC1(NC(=O)OCC2c3ccccc3-c3ccccc32)CCSCC1. The maximum atomic E-state index is 13.0. The molecule has 1 fully saturated rings. The Hall–Kier alpha value is -3.44. The van der Waals surface area contributed by atoms with Gasteiger partial charge in [0, 0.05) is 5.92 Å². The van der Waals surface area contributed by atoms with E-state index in [1.165, 1.54) is 0 Å². The van der Waals surface area contributed by atoms with Crippen molar-refractivity contribution in [2.24, 2.45) is 0 Å². The first-order valence-corrected chi connectivity index (χ1v) is 12.7. The van der Waals surface area contributed by atoms with Crippen LogP contribution in [0.25, 0.3) is 11.1 Å². The number of ether oxygens (including phenoxy) is 1. The predicted octanol–water partition coefficient (Wildman–Crippen LogP) is 3.73. The van der Waals surface area contributed by atoms with E-state index in [-0.39, 0.29) is 25.5 Å². The van der Waals surface area contributed by atoms with E-state index in [9.17, 15) is 14.4 Å². The molecule has 2 aromatic rings. The summed E-state index contributed by atoms with van der Waals surface area (Å²) >= 11 is 1.76. The molecule has 2 aromatic carbocycles. The summed E-state index contributed by atoms with van der Waals surface area (Å²) in [7, 11) is 0. The number of carbonyl (C=O) groups is 3. The fourth-order valence-corrected chi connectivity index (χ4v) is 6.14. The highest BCUT2D eigenvalue weighted by atomic mass is 32.2. The minimum absolute atomic E-state index is 0.0211. The summed E-state index contributed by atoms with van der Waals surface area (Å²) in [4.78, 5) is 38.2. The molecule has 0 saturated carbocycles. The summed E-state index contributed by atoms with van der Waals surface area (Å²) in [5.74, 6) is 2.32. The normalized spacial score (nSPS) is 15.9. The zero-order chi connectivity index (χ0) is 24.8. The number of hydrogen-bond acceptors (Lipinski definition) is 5. The van der Waals surface area contributed by atoms with Crippen LogP contribution in [0.3, 0.4) is 0 Å². The molecule has 0 aromatic heterocycles. The van der Waals surface area contributed by atoms with Crippen LogP contribution in [-0.4, -0.2) is 64.7 Å². The average molecular weight is 493 g/mol. The standard InChI is InChI=1S/C27H28N2O5S/c1-2-13-29(17-25(31)32)24(30)16-27(11-14-35-15-12-27)28-26(33)34-18-23-21-9-5-3-7-19(21)20-8-4-6-10-22(20)23/h1,3-10,23H,11-18H2,(H,28,33)(H,31,32). The Kier molecular flexibility index (Phi) is 7.67. The molecule has 0 spiro atoms. The lowest BCUT2D eigenvalue weighted by molar-refractivity contribution is -0.144. The number of benzene rings is 2. The summed E-state index contributed by atoms with van der Waals surface area (Å²) in [6.07, 6.45) is 5.91. The van der Waals surface area contributed by atoms with Gasteiger partial charge >= 0.3 is 12.1 Å². The van der Waals surface area contributed by atoms with Gasteiger partial charge in [0.15, 0.2) is 0 Å². The number of amides is 2. The fourth-order valence-electron chi connectivity index (χ4n) is 4.87. The molecular formula is C27H28N2O5S. The van der Waals surface area contributed by atoms with Gasteiger partial charge in [0.05, 0.1) is 18.5 Å². The molecule has 0 radical (unpaired) electrons. The summed E-state index contributed by atoms with van der Waals surface area (Å²) in [6, 6.07) is 16.2. The number of hydrogen-bond donors (Lipinski definition) is 2. The first-order valence-electron chi connectivity index (χ1n) is 11.6. The molecule has 182 valence electrons. The van der Waals surface area contributed by atoms with Crippen LogP contribution in [0.15, 0.2) is 48.5 Å². The summed E-state index contributed by atoms with van der Waals surface area (Å²) in [6.45, 7) is -0.388. The van der Waals surface area contributed by atoms with Gasteiger partial charge in [-0.3, -0.25) is 9.59 Å². The number of alkyl carbamates (subject to hydrolysis) is 1. The van der Waals surface area contributed by atoms with Gasteiger partial charge in [0.2, 0.25) is 5.91 Å². The zero-order valence-electron chi connectivity index (χ0n) is 19.4. The highest BCUT2D eigenvalue weighted by Crippen LogP contribution is 2.44. The third-order valence-electron chi connectivity index (χ3n) is 6.61. The summed E-state index contributed by atoms with van der Waals surface area (Å²) < 4.78 is 5.71. The van der Waals surface area contributed by atoms with Crippen molar-refractivity contribution in [1.82, 2.24) is 10.2 Å². The number of thioether (sulfide) groups is 1. The number of aliphatic carboxylic acids is 1. The van der Waals surface area contributed by atoms with Crippen LogP contribution in [-0.2, 0) is 14.3 Å². The Bertz CT molecular complexity index is 1110. The fraction of sp³-hybridized carbons (Fsp3) is 0.370. The molecule has 35 heavy (non-hydrogen) atoms. The van der Waals surface area contributed by atoms with E-state index in [1.54, 1.807) is 11.8 Å². The van der Waals surface area contributed by atoms with Crippen molar-refractivity contribution in [1.29, 1.82) is 0 Å². The second-order valence-electron chi connectivity index (χ2n) is 8.87. The lowest BCUT2D eigenvalue weighted by atomic mass is 9.88. The zero-order valence-corrected chi connectivity index (χ0v) is 20.2. The van der Waals surface area contributed by atoms with Crippen LogP contribution < -0.4 is 5.32 Å². The molecule has 0 bridgehead atoms. The van der Waals surface area contributed by atoms with Crippen LogP contribution in [0.2, 0.25) is 0 Å². The minimum atomic E-state index is -1.13. The molecular weight excluding hydrogens is 464 g/mol. The van der Waals surface area contributed by atoms with Crippen molar-refractivity contribution in [2.75, 3.05) is 31.2 Å². The first-order chi connectivity index (χ1) is 16.9. The Morgan fingerprint density at radius 2 is 1.69 bits per heavy atom. The van der Waals surface area contributed by atoms with Crippen LogP contribution in [0.4, 0.5) is 4.79 Å². The number of nitrogens with zero attached hydrogens (tertiary/aromatic N) is 1. The molecule has 1 aliphatic carbocycles. The van der Waals surface area contributed by atoms with E-state index in [1.807, 2.05) is 24.3 Å². The van der Waals surface area contributed by atoms with Crippen LogP contribution in [0, 0.1) is 12.3 Å². The van der Waals surface area contributed by atoms with Crippen LogP contribution in [0.1, 0.15) is 36.3 Å². The van der Waals surface area contributed by atoms with Crippen molar-refractivity contribution in [3.63, 3.8) is 0 Å². The number of fused-ring (bicyclic) bond motifs is 3. The van der Waals surface area contributed by atoms with Gasteiger partial charge < -0.3 is 20.1 Å². The smallest absolute Gasteiger partial charge is 0.407 e. The van der Waals surface area contributed by atoms with Crippen LogP contribution in [0.5, 0.6) is 0 Å². The molecule has 2 amide bonds. The van der Waals surface area contributed by atoms with E-state index in [0.29, 0.717) is 12.8 Å². The van der Waals surface area contributed by atoms with E-state index in [2.05, 4.69) is 35.5 Å². The van der Waals surface area contributed by atoms with Crippen molar-refractivity contribution >= 4 is 29.7 Å². The second kappa shape index (κ2) is 10.9. The largest absolute Gasteiger partial charge is 0.480 e. The average Bonchev–Trinajstić information content (AvgIpc) is 3.16. The lowest BCUT2D eigenvalue weighted by Crippen LogP contribution is -2.54. The van der Waals surface area contributed by atoms with E-state index >= 15 is 0 Å². The van der Waals surface area contributed by atoms with Gasteiger partial charge in [-0.05, 0) is 46.6 Å². The summed E-state index contributed by atoms with van der Waals surface area (Å²) in [5, 5.41) is 12.1. The van der Waals surface area contributed by atoms with Gasteiger partial charge in [0.1, 0.15) is 13.2 Å². The van der Waals surface area contributed by atoms with E-state index in [4.69, 9.17) is 16.3 Å². The molecule has 1 saturated heterocycles. The number of rotatable bonds is 8. The van der Waals surface area contributed by atoms with Gasteiger partial charge in [-0.15, -0.1) is 6.42 Å². The molecule has 0 atom stereocenters. The number of terminal acetylenes is 1. The number of carbonyl (C=O) groups excluding carboxylic acids is 2. The Morgan fingerprint density at radius 1 is 1.09 bits per heavy atom. The molecule has 8 heteroatoms. The Balaban J connectivity index is 1.45. The van der Waals surface area contributed by atoms with Gasteiger partial charge in [-0.25, -0.2) is 4.79 Å². The molecule has 2 N–H and O–H groups in total. The monoisotopic (exact) mass is 492 g/mol. The predicted molar refractivity (Wildman–Crippen MR) is 135 cm³/mol. The molecule has 4 rings (SSSR count). The quantitative estimate of drug-likeness (QED) is 0.546. The topological polar surface area (TPSA) is 95.9 Å². The second-order valence-corrected chi connectivity index (χ2v) is 10.1. The van der Waals surface area contributed by atoms with Crippen LogP contribution >= 0.6 is 11.8 Å². The number of nitrogens with one attached hydrogen (secondary N) is 1. The molecule has 7 nitrogen and oxygen atoms in total. The number of carboxylic acid groups (broad SMARTS) is 1. The van der Waals surface area contributed by atoms with E-state index in [0.717, 1.165) is 38.7 Å². The minimum Gasteiger partial charge on any atom is -0.480 e. The lowest BCUT2D eigenvalue weighted by Gasteiger charge is -2.38. The molecule has 1 heterocycles. The maximum absolute atomic E-state index is 13.0. The Morgan fingerprint density at radius 3 is 2.26 bits per heavy atom. The number of carboxylic acids is 1. The third kappa shape index (κ3) is 5.63. The highest BCUT2D eigenvalue weighted by Gasteiger charge is 2.38.